The van der Waals surface area contributed by atoms with E-state index in [-0.39, 0.29) is 0 Å². The molecule has 1 aromatic carbocycles. The Hall–Kier alpha value is -1.58. The Bertz CT molecular complexity index is 765. The zero-order chi connectivity index (χ0) is 14.1. The number of aryl methyl sites for hydroxylation is 3. The van der Waals surface area contributed by atoms with Crippen molar-refractivity contribution in [1.82, 2.24) is 14.5 Å². The fourth-order valence-corrected chi connectivity index (χ4v) is 2.50. The fourth-order valence-electron chi connectivity index (χ4n) is 2.18. The molecule has 0 saturated carbocycles. The molecular weight excluding hydrogens is 293 g/mol. The van der Waals surface area contributed by atoms with Gasteiger partial charge in [-0.15, -0.1) is 0 Å². The maximum Gasteiger partial charge on any atom is 0.143 e. The normalized spacial score (nSPS) is 11.2. The highest BCUT2D eigenvalue weighted by molar-refractivity contribution is 6.42. The van der Waals surface area contributed by atoms with E-state index in [1.165, 1.54) is 0 Å². The van der Waals surface area contributed by atoms with Crippen LogP contribution in [0.1, 0.15) is 11.4 Å². The van der Waals surface area contributed by atoms with Crippen molar-refractivity contribution in [1.29, 1.82) is 0 Å². The van der Waals surface area contributed by atoms with Gasteiger partial charge in [0.05, 0.1) is 10.0 Å². The van der Waals surface area contributed by atoms with Crippen molar-refractivity contribution in [2.24, 2.45) is 0 Å². The molecule has 2 aromatic heterocycles. The van der Waals surface area contributed by atoms with Crippen LogP contribution in [0.15, 0.2) is 36.7 Å². The van der Waals surface area contributed by atoms with Gasteiger partial charge in [0.15, 0.2) is 0 Å². The highest BCUT2D eigenvalue weighted by Crippen LogP contribution is 2.23. The maximum atomic E-state index is 6.03. The maximum absolute atomic E-state index is 6.03. The molecule has 0 amide bonds. The minimum atomic E-state index is 0.588. The lowest BCUT2D eigenvalue weighted by Gasteiger charge is -2.06. The molecule has 0 atom stereocenters. The molecule has 0 fully saturated rings. The van der Waals surface area contributed by atoms with Crippen LogP contribution in [0.3, 0.4) is 0 Å². The van der Waals surface area contributed by atoms with E-state index in [1.807, 2.05) is 43.6 Å². The third-order valence-corrected chi connectivity index (χ3v) is 3.99. The first kappa shape index (κ1) is 13.4. The summed E-state index contributed by atoms with van der Waals surface area (Å²) in [5, 5.41) is 2.25. The van der Waals surface area contributed by atoms with Crippen molar-refractivity contribution in [3.05, 3.63) is 58.1 Å². The second kappa shape index (κ2) is 5.43. The van der Waals surface area contributed by atoms with Crippen molar-refractivity contribution in [3.63, 3.8) is 0 Å². The number of rotatable bonds is 3. The van der Waals surface area contributed by atoms with Crippen LogP contribution in [0, 0.1) is 6.92 Å². The first-order valence-corrected chi connectivity index (χ1v) is 7.11. The molecule has 0 aliphatic heterocycles. The monoisotopic (exact) mass is 305 g/mol. The van der Waals surface area contributed by atoms with Crippen molar-refractivity contribution in [3.8, 4) is 0 Å². The van der Waals surface area contributed by atoms with Crippen LogP contribution in [0.4, 0.5) is 0 Å². The molecule has 3 nitrogen and oxygen atoms in total. The summed E-state index contributed by atoms with van der Waals surface area (Å²) in [7, 11) is 0. The summed E-state index contributed by atoms with van der Waals surface area (Å²) in [6.07, 6.45) is 4.77. The minimum Gasteiger partial charge on any atom is -0.332 e. The molecule has 3 rings (SSSR count). The van der Waals surface area contributed by atoms with E-state index < -0.39 is 0 Å². The number of benzene rings is 1. The second-order valence-corrected chi connectivity index (χ2v) is 5.52. The SMILES string of the molecule is Cc1ncc2ccn(CCc3ccc(Cl)c(Cl)c3)c2n1. The molecule has 0 aliphatic carbocycles. The van der Waals surface area contributed by atoms with Crippen LogP contribution in [0.2, 0.25) is 10.0 Å². The van der Waals surface area contributed by atoms with E-state index in [4.69, 9.17) is 23.2 Å². The summed E-state index contributed by atoms with van der Waals surface area (Å²) in [6.45, 7) is 2.74. The quantitative estimate of drug-likeness (QED) is 0.722. The smallest absolute Gasteiger partial charge is 0.143 e. The second-order valence-electron chi connectivity index (χ2n) is 4.70. The lowest BCUT2D eigenvalue weighted by atomic mass is 10.1. The lowest BCUT2D eigenvalue weighted by molar-refractivity contribution is 0.714. The van der Waals surface area contributed by atoms with Gasteiger partial charge in [0.25, 0.3) is 0 Å². The van der Waals surface area contributed by atoms with Gasteiger partial charge in [0, 0.05) is 24.3 Å². The Morgan fingerprint density at radius 2 is 2.00 bits per heavy atom. The van der Waals surface area contributed by atoms with Crippen LogP contribution in [0.25, 0.3) is 11.0 Å². The van der Waals surface area contributed by atoms with Gasteiger partial charge < -0.3 is 4.57 Å². The molecule has 0 N–H and O–H groups in total. The highest BCUT2D eigenvalue weighted by atomic mass is 35.5. The van der Waals surface area contributed by atoms with E-state index in [0.29, 0.717) is 10.0 Å². The molecule has 2 heterocycles. The number of halogens is 2. The van der Waals surface area contributed by atoms with E-state index in [1.54, 1.807) is 0 Å². The standard InChI is InChI=1S/C15H13Cl2N3/c1-10-18-9-12-5-7-20(15(12)19-10)6-4-11-2-3-13(16)14(17)8-11/h2-3,5,7-9H,4,6H2,1H3. The van der Waals surface area contributed by atoms with Crippen molar-refractivity contribution in [2.75, 3.05) is 0 Å². The summed E-state index contributed by atoms with van der Waals surface area (Å²) in [5.74, 6) is 0.784. The Morgan fingerprint density at radius 1 is 1.15 bits per heavy atom. The third kappa shape index (κ3) is 2.65. The predicted molar refractivity (Wildman–Crippen MR) is 82.4 cm³/mol. The molecule has 0 aliphatic rings. The van der Waals surface area contributed by atoms with E-state index in [2.05, 4.69) is 14.5 Å². The van der Waals surface area contributed by atoms with Crippen molar-refractivity contribution < 1.29 is 0 Å². The van der Waals surface area contributed by atoms with E-state index in [9.17, 15) is 0 Å². The molecule has 0 bridgehead atoms. The molecule has 102 valence electrons. The number of hydrogen-bond donors (Lipinski definition) is 0. The van der Waals surface area contributed by atoms with Gasteiger partial charge in [-0.25, -0.2) is 9.97 Å². The van der Waals surface area contributed by atoms with Crippen molar-refractivity contribution in [2.45, 2.75) is 19.9 Å². The largest absolute Gasteiger partial charge is 0.332 e. The molecule has 0 spiro atoms. The molecule has 5 heteroatoms. The number of hydrogen-bond acceptors (Lipinski definition) is 2. The average Bonchev–Trinajstić information content (AvgIpc) is 2.82. The number of aromatic nitrogens is 3. The Morgan fingerprint density at radius 3 is 2.80 bits per heavy atom. The summed E-state index contributed by atoms with van der Waals surface area (Å²) in [5.41, 5.74) is 2.13. The molecular formula is C15H13Cl2N3. The van der Waals surface area contributed by atoms with Gasteiger partial charge in [-0.1, -0.05) is 29.3 Å². The zero-order valence-corrected chi connectivity index (χ0v) is 12.5. The van der Waals surface area contributed by atoms with Crippen LogP contribution in [-0.2, 0) is 13.0 Å². The number of fused-ring (bicyclic) bond motifs is 1. The van der Waals surface area contributed by atoms with E-state index >= 15 is 0 Å². The van der Waals surface area contributed by atoms with Crippen molar-refractivity contribution >= 4 is 34.2 Å². The molecule has 0 unspecified atom stereocenters. The Kier molecular flexibility index (Phi) is 3.64. The molecule has 0 radical (unpaired) electrons. The fraction of sp³-hybridized carbons (Fsp3) is 0.200. The zero-order valence-electron chi connectivity index (χ0n) is 11.0. The first-order valence-electron chi connectivity index (χ1n) is 6.36. The van der Waals surface area contributed by atoms with Gasteiger partial charge in [0.2, 0.25) is 0 Å². The Labute approximate surface area is 127 Å². The first-order chi connectivity index (χ1) is 9.63. The van der Waals surface area contributed by atoms with Crippen LogP contribution in [0.5, 0.6) is 0 Å². The van der Waals surface area contributed by atoms with Gasteiger partial charge in [-0.2, -0.15) is 0 Å². The minimum absolute atomic E-state index is 0.588. The number of nitrogens with zero attached hydrogens (tertiary/aromatic N) is 3. The average molecular weight is 306 g/mol. The summed E-state index contributed by atoms with van der Waals surface area (Å²) < 4.78 is 2.13. The summed E-state index contributed by atoms with van der Waals surface area (Å²) in [6, 6.07) is 7.78. The Balaban J connectivity index is 1.83. The molecule has 0 saturated heterocycles. The predicted octanol–water partition coefficient (Wildman–Crippen LogP) is 4.29. The van der Waals surface area contributed by atoms with Crippen LogP contribution >= 0.6 is 23.2 Å². The van der Waals surface area contributed by atoms with Crippen LogP contribution in [-0.4, -0.2) is 14.5 Å². The topological polar surface area (TPSA) is 30.7 Å². The van der Waals surface area contributed by atoms with Gasteiger partial charge in [-0.3, -0.25) is 0 Å². The highest BCUT2D eigenvalue weighted by Gasteiger charge is 2.05. The third-order valence-electron chi connectivity index (χ3n) is 3.25. The van der Waals surface area contributed by atoms with Crippen LogP contribution < -0.4 is 0 Å². The summed E-state index contributed by atoms with van der Waals surface area (Å²) in [4.78, 5) is 8.69. The van der Waals surface area contributed by atoms with Gasteiger partial charge in [0.1, 0.15) is 11.5 Å². The van der Waals surface area contributed by atoms with Gasteiger partial charge in [-0.05, 0) is 37.1 Å². The summed E-state index contributed by atoms with van der Waals surface area (Å²) >= 11 is 12.0. The molecule has 3 aromatic rings. The lowest BCUT2D eigenvalue weighted by Crippen LogP contribution is -2.02. The van der Waals surface area contributed by atoms with Gasteiger partial charge >= 0.3 is 0 Å². The molecule has 20 heavy (non-hydrogen) atoms. The van der Waals surface area contributed by atoms with E-state index in [0.717, 1.165) is 35.4 Å².